The molecule has 2 N–H and O–H groups in total. The van der Waals surface area contributed by atoms with Gasteiger partial charge in [0.2, 0.25) is 0 Å². The number of nitrogens with one attached hydrogen (secondary N) is 2. The summed E-state index contributed by atoms with van der Waals surface area (Å²) in [6, 6.07) is 6.44. The summed E-state index contributed by atoms with van der Waals surface area (Å²) in [5.41, 5.74) is 6.87. The Kier molecular flexibility index (Phi) is 5.84. The molecule has 4 rings (SSSR count). The van der Waals surface area contributed by atoms with Gasteiger partial charge in [-0.15, -0.1) is 0 Å². The molecule has 2 bridgehead atoms. The standard InChI is InChI=1S/C24H31N3O/c1-3-17-10-7-5-6-8-11-18-14-19(17)21(26-18)15-23-24(28-4-2)16-22(27-23)20-12-9-13-25-20/h9,12-17,25-26H,3-8,10-11H2,1-2H3. The molecule has 0 aromatic carbocycles. The second-order valence-electron chi connectivity index (χ2n) is 7.77. The fourth-order valence-electron chi connectivity index (χ4n) is 4.33. The number of aromatic amines is 2. The van der Waals surface area contributed by atoms with Gasteiger partial charge in [-0.2, -0.15) is 0 Å². The molecular formula is C24H31N3O. The van der Waals surface area contributed by atoms with Gasteiger partial charge in [0.1, 0.15) is 11.5 Å². The van der Waals surface area contributed by atoms with Gasteiger partial charge < -0.3 is 14.7 Å². The summed E-state index contributed by atoms with van der Waals surface area (Å²) in [5.74, 6) is 1.47. The Morgan fingerprint density at radius 1 is 1.21 bits per heavy atom. The van der Waals surface area contributed by atoms with Crippen LogP contribution in [0.2, 0.25) is 0 Å². The predicted molar refractivity (Wildman–Crippen MR) is 116 cm³/mol. The monoisotopic (exact) mass is 377 g/mol. The van der Waals surface area contributed by atoms with Gasteiger partial charge >= 0.3 is 0 Å². The molecule has 0 spiro atoms. The van der Waals surface area contributed by atoms with Gasteiger partial charge in [0, 0.05) is 23.7 Å². The Balaban J connectivity index is 1.72. The van der Waals surface area contributed by atoms with E-state index < -0.39 is 0 Å². The van der Waals surface area contributed by atoms with E-state index in [1.165, 1.54) is 55.5 Å². The Morgan fingerprint density at radius 2 is 2.11 bits per heavy atom. The van der Waals surface area contributed by atoms with Crippen molar-refractivity contribution in [2.24, 2.45) is 4.99 Å². The van der Waals surface area contributed by atoms with Crippen molar-refractivity contribution in [2.45, 2.75) is 64.7 Å². The highest BCUT2D eigenvalue weighted by Crippen LogP contribution is 2.34. The van der Waals surface area contributed by atoms with E-state index in [1.807, 2.05) is 31.3 Å². The lowest BCUT2D eigenvalue weighted by Gasteiger charge is -2.15. The van der Waals surface area contributed by atoms with Crippen LogP contribution in [0.25, 0.3) is 6.08 Å². The summed E-state index contributed by atoms with van der Waals surface area (Å²) in [5, 5.41) is 0. The van der Waals surface area contributed by atoms with Crippen LogP contribution >= 0.6 is 0 Å². The highest BCUT2D eigenvalue weighted by molar-refractivity contribution is 6.11. The first-order valence-electron chi connectivity index (χ1n) is 10.8. The third kappa shape index (κ3) is 4.01. The number of aliphatic imine (C=N–C) groups is 1. The Bertz CT molecular complexity index is 883. The van der Waals surface area contributed by atoms with E-state index in [4.69, 9.17) is 9.73 Å². The van der Waals surface area contributed by atoms with E-state index in [0.717, 1.165) is 29.3 Å². The second kappa shape index (κ2) is 8.68. The van der Waals surface area contributed by atoms with Crippen LogP contribution in [0.15, 0.2) is 46.9 Å². The average Bonchev–Trinajstić information content (AvgIpc) is 3.43. The fraction of sp³-hybridized carbons (Fsp3) is 0.458. The van der Waals surface area contributed by atoms with Crippen molar-refractivity contribution in [3.8, 4) is 0 Å². The van der Waals surface area contributed by atoms with Crippen LogP contribution in [0.4, 0.5) is 0 Å². The third-order valence-electron chi connectivity index (χ3n) is 5.83. The minimum Gasteiger partial charge on any atom is -0.492 e. The minimum atomic E-state index is 0.614. The normalized spacial score (nSPS) is 21.5. The number of H-pyrrole nitrogens is 2. The molecule has 1 atom stereocenters. The smallest absolute Gasteiger partial charge is 0.147 e. The zero-order chi connectivity index (χ0) is 19.3. The van der Waals surface area contributed by atoms with Gasteiger partial charge in [0.15, 0.2) is 0 Å². The molecule has 4 heteroatoms. The van der Waals surface area contributed by atoms with Crippen molar-refractivity contribution in [3.63, 3.8) is 0 Å². The third-order valence-corrected chi connectivity index (χ3v) is 5.83. The summed E-state index contributed by atoms with van der Waals surface area (Å²) in [4.78, 5) is 11.8. The van der Waals surface area contributed by atoms with Crippen molar-refractivity contribution in [2.75, 3.05) is 6.61 Å². The van der Waals surface area contributed by atoms with Crippen molar-refractivity contribution < 1.29 is 4.74 Å². The van der Waals surface area contributed by atoms with E-state index in [1.54, 1.807) is 0 Å². The molecule has 4 nitrogen and oxygen atoms in total. The van der Waals surface area contributed by atoms with Gasteiger partial charge in [0.25, 0.3) is 0 Å². The second-order valence-corrected chi connectivity index (χ2v) is 7.77. The van der Waals surface area contributed by atoms with E-state index >= 15 is 0 Å². The first-order chi connectivity index (χ1) is 13.8. The highest BCUT2D eigenvalue weighted by Gasteiger charge is 2.21. The molecule has 1 aliphatic carbocycles. The number of aromatic nitrogens is 2. The van der Waals surface area contributed by atoms with Crippen molar-refractivity contribution in [1.82, 2.24) is 9.97 Å². The topological polar surface area (TPSA) is 53.2 Å². The van der Waals surface area contributed by atoms with Gasteiger partial charge in [-0.1, -0.05) is 26.2 Å². The largest absolute Gasteiger partial charge is 0.492 e. The molecule has 148 valence electrons. The van der Waals surface area contributed by atoms with Crippen LogP contribution in [-0.4, -0.2) is 22.3 Å². The Morgan fingerprint density at radius 3 is 2.89 bits per heavy atom. The van der Waals surface area contributed by atoms with E-state index in [0.29, 0.717) is 12.5 Å². The zero-order valence-corrected chi connectivity index (χ0v) is 17.1. The fourth-order valence-corrected chi connectivity index (χ4v) is 4.33. The number of ether oxygens (including phenoxy) is 1. The van der Waals surface area contributed by atoms with E-state index in [-0.39, 0.29) is 0 Å². The van der Waals surface area contributed by atoms with Crippen LogP contribution in [0.5, 0.6) is 0 Å². The first kappa shape index (κ1) is 18.9. The predicted octanol–water partition coefficient (Wildman–Crippen LogP) is 6.11. The van der Waals surface area contributed by atoms with E-state index in [2.05, 4.69) is 29.0 Å². The van der Waals surface area contributed by atoms with Gasteiger partial charge in [-0.3, -0.25) is 0 Å². The molecular weight excluding hydrogens is 346 g/mol. The molecule has 2 aromatic heterocycles. The summed E-state index contributed by atoms with van der Waals surface area (Å²) in [6.45, 7) is 4.96. The Hall–Kier alpha value is -2.49. The summed E-state index contributed by atoms with van der Waals surface area (Å²) in [6.07, 6.45) is 15.0. The van der Waals surface area contributed by atoms with Crippen LogP contribution in [0.1, 0.15) is 80.9 Å². The van der Waals surface area contributed by atoms with Gasteiger partial charge in [0.05, 0.1) is 18.0 Å². The van der Waals surface area contributed by atoms with Crippen molar-refractivity contribution in [1.29, 1.82) is 0 Å². The van der Waals surface area contributed by atoms with Gasteiger partial charge in [-0.05, 0) is 68.4 Å². The highest BCUT2D eigenvalue weighted by atomic mass is 16.5. The number of rotatable bonds is 5. The first-order valence-corrected chi connectivity index (χ1v) is 10.8. The molecule has 1 aliphatic heterocycles. The van der Waals surface area contributed by atoms with E-state index in [9.17, 15) is 0 Å². The molecule has 0 fully saturated rings. The van der Waals surface area contributed by atoms with Crippen molar-refractivity contribution >= 4 is 11.8 Å². The quantitative estimate of drug-likeness (QED) is 0.649. The molecule has 2 aromatic rings. The summed E-state index contributed by atoms with van der Waals surface area (Å²) in [7, 11) is 0. The van der Waals surface area contributed by atoms with Crippen LogP contribution in [-0.2, 0) is 11.2 Å². The molecule has 0 saturated heterocycles. The maximum atomic E-state index is 5.90. The van der Waals surface area contributed by atoms with Crippen LogP contribution in [0, 0.1) is 0 Å². The average molecular weight is 378 g/mol. The van der Waals surface area contributed by atoms with Crippen molar-refractivity contribution in [3.05, 3.63) is 64.6 Å². The number of hydrogen-bond donors (Lipinski definition) is 2. The molecule has 0 saturated carbocycles. The lowest BCUT2D eigenvalue weighted by molar-refractivity contribution is 0.239. The molecule has 0 radical (unpaired) electrons. The van der Waals surface area contributed by atoms with Gasteiger partial charge in [-0.25, -0.2) is 4.99 Å². The Labute approximate surface area is 167 Å². The molecule has 3 heterocycles. The molecule has 2 aliphatic rings. The van der Waals surface area contributed by atoms with Crippen LogP contribution in [0.3, 0.4) is 0 Å². The number of nitrogens with zero attached hydrogens (tertiary/aromatic N) is 1. The SMILES string of the molecule is CCOC1=CC(c2ccc[nH]2)=NC1=Cc1[nH]c2cc1C(CC)CCCCCC2. The molecule has 28 heavy (non-hydrogen) atoms. The number of allylic oxidation sites excluding steroid dienone is 1. The number of fused-ring (bicyclic) bond motifs is 2. The summed E-state index contributed by atoms with van der Waals surface area (Å²) < 4.78 is 5.90. The number of hydrogen-bond acceptors (Lipinski definition) is 2. The minimum absolute atomic E-state index is 0.614. The maximum absolute atomic E-state index is 5.90. The lowest BCUT2D eigenvalue weighted by atomic mass is 9.89. The summed E-state index contributed by atoms with van der Waals surface area (Å²) >= 11 is 0. The number of aryl methyl sites for hydroxylation is 1. The molecule has 0 amide bonds. The maximum Gasteiger partial charge on any atom is 0.147 e. The lowest BCUT2D eigenvalue weighted by Crippen LogP contribution is -1.99. The van der Waals surface area contributed by atoms with Crippen LogP contribution < -0.4 is 0 Å². The molecule has 1 unspecified atom stereocenters. The zero-order valence-electron chi connectivity index (χ0n) is 17.1.